The minimum Gasteiger partial charge on any atom is -0.462 e. The predicted octanol–water partition coefficient (Wildman–Crippen LogP) is 3.48. The molecule has 1 N–H and O–H groups in total. The summed E-state index contributed by atoms with van der Waals surface area (Å²) in [6.45, 7) is 0.548. The van der Waals surface area contributed by atoms with Gasteiger partial charge in [0.25, 0.3) is 0 Å². The summed E-state index contributed by atoms with van der Waals surface area (Å²) in [4.78, 5) is 30.1. The van der Waals surface area contributed by atoms with E-state index >= 15 is 0 Å². The van der Waals surface area contributed by atoms with Gasteiger partial charge in [-0.2, -0.15) is 0 Å². The molecule has 1 unspecified atom stereocenters. The number of furan rings is 1. The highest BCUT2D eigenvalue weighted by atomic mass is 16.3. The average molecular weight is 345 g/mol. The lowest BCUT2D eigenvalue weighted by molar-refractivity contribution is -0.128. The minimum absolute atomic E-state index is 0.114. The largest absolute Gasteiger partial charge is 0.462 e. The maximum atomic E-state index is 13.0. The standard InChI is InChI=1S/C20H15N3O3/c24-16-8-10-23-15-7-2-1-5-13(15)21-19(23)17(16)20(25)22-14-6-3-4-12-9-11-26-18(12)14/h1-7,9,11,17H,8,10H2,(H,22,25). The summed E-state index contributed by atoms with van der Waals surface area (Å²) in [5.74, 6) is -0.903. The quantitative estimate of drug-likeness (QED) is 0.564. The third-order valence-electron chi connectivity index (χ3n) is 4.85. The molecule has 1 atom stereocenters. The second-order valence-electron chi connectivity index (χ2n) is 6.39. The van der Waals surface area contributed by atoms with Crippen molar-refractivity contribution in [1.82, 2.24) is 9.55 Å². The highest BCUT2D eigenvalue weighted by Gasteiger charge is 2.36. The molecule has 5 rings (SSSR count). The number of para-hydroxylation sites is 3. The molecular weight excluding hydrogens is 330 g/mol. The summed E-state index contributed by atoms with van der Waals surface area (Å²) in [6, 6.07) is 15.0. The zero-order chi connectivity index (χ0) is 17.7. The fourth-order valence-corrected chi connectivity index (χ4v) is 3.62. The Labute approximate surface area is 148 Å². The Morgan fingerprint density at radius 1 is 1.15 bits per heavy atom. The monoisotopic (exact) mass is 345 g/mol. The second-order valence-corrected chi connectivity index (χ2v) is 6.39. The molecule has 2 aromatic carbocycles. The van der Waals surface area contributed by atoms with Gasteiger partial charge >= 0.3 is 0 Å². The fourth-order valence-electron chi connectivity index (χ4n) is 3.62. The average Bonchev–Trinajstić information content (AvgIpc) is 3.26. The lowest BCUT2D eigenvalue weighted by atomic mass is 9.96. The van der Waals surface area contributed by atoms with Gasteiger partial charge in [0.1, 0.15) is 5.82 Å². The van der Waals surface area contributed by atoms with Crippen LogP contribution in [0, 0.1) is 0 Å². The van der Waals surface area contributed by atoms with Crippen molar-refractivity contribution >= 4 is 39.4 Å². The Kier molecular flexibility index (Phi) is 3.18. The number of anilines is 1. The molecule has 1 aliphatic heterocycles. The number of Topliss-reactive ketones (excluding diaryl/α,β-unsaturated/α-hetero) is 1. The third-order valence-corrected chi connectivity index (χ3v) is 4.85. The van der Waals surface area contributed by atoms with Crippen molar-refractivity contribution in [2.75, 3.05) is 5.32 Å². The van der Waals surface area contributed by atoms with E-state index in [9.17, 15) is 9.59 Å². The first kappa shape index (κ1) is 14.9. The van der Waals surface area contributed by atoms with Crippen LogP contribution >= 0.6 is 0 Å². The number of fused-ring (bicyclic) bond motifs is 4. The van der Waals surface area contributed by atoms with E-state index in [-0.39, 0.29) is 11.7 Å². The van der Waals surface area contributed by atoms with Crippen molar-refractivity contribution < 1.29 is 14.0 Å². The van der Waals surface area contributed by atoms with Gasteiger partial charge in [0.2, 0.25) is 5.91 Å². The number of imidazole rings is 1. The Morgan fingerprint density at radius 2 is 2.04 bits per heavy atom. The highest BCUT2D eigenvalue weighted by molar-refractivity contribution is 6.13. The molecule has 6 nitrogen and oxygen atoms in total. The topological polar surface area (TPSA) is 77.1 Å². The maximum absolute atomic E-state index is 13.0. The lowest BCUT2D eigenvalue weighted by Crippen LogP contribution is -2.34. The number of ketones is 1. The number of nitrogens with one attached hydrogen (secondary N) is 1. The van der Waals surface area contributed by atoms with Crippen molar-refractivity contribution in [2.24, 2.45) is 0 Å². The van der Waals surface area contributed by atoms with E-state index in [1.165, 1.54) is 0 Å². The zero-order valence-corrected chi connectivity index (χ0v) is 13.8. The summed E-state index contributed by atoms with van der Waals surface area (Å²) in [5.41, 5.74) is 2.89. The molecule has 0 radical (unpaired) electrons. The molecule has 0 saturated carbocycles. The molecule has 2 aromatic heterocycles. The number of amides is 1. The Bertz CT molecular complexity index is 1170. The highest BCUT2D eigenvalue weighted by Crippen LogP contribution is 2.31. The van der Waals surface area contributed by atoms with Crippen LogP contribution in [0.3, 0.4) is 0 Å². The molecule has 0 spiro atoms. The Balaban J connectivity index is 1.56. The summed E-state index contributed by atoms with van der Waals surface area (Å²) in [7, 11) is 0. The molecule has 6 heteroatoms. The van der Waals surface area contributed by atoms with Gasteiger partial charge in [-0.15, -0.1) is 0 Å². The molecular formula is C20H15N3O3. The summed E-state index contributed by atoms with van der Waals surface area (Å²) < 4.78 is 7.43. The molecule has 0 fully saturated rings. The lowest BCUT2D eigenvalue weighted by Gasteiger charge is -2.22. The van der Waals surface area contributed by atoms with Crippen LogP contribution in [-0.2, 0) is 16.1 Å². The first-order valence-electron chi connectivity index (χ1n) is 8.47. The number of nitrogens with zero attached hydrogens (tertiary/aromatic N) is 2. The van der Waals surface area contributed by atoms with E-state index in [0.717, 1.165) is 16.4 Å². The van der Waals surface area contributed by atoms with Crippen LogP contribution < -0.4 is 5.32 Å². The Hall–Kier alpha value is -3.41. The number of hydrogen-bond acceptors (Lipinski definition) is 4. The fraction of sp³-hybridized carbons (Fsp3) is 0.150. The predicted molar refractivity (Wildman–Crippen MR) is 96.9 cm³/mol. The van der Waals surface area contributed by atoms with Gasteiger partial charge in [0, 0.05) is 18.4 Å². The van der Waals surface area contributed by atoms with Crippen molar-refractivity contribution in [3.8, 4) is 0 Å². The van der Waals surface area contributed by atoms with Gasteiger partial charge < -0.3 is 14.3 Å². The van der Waals surface area contributed by atoms with Crippen molar-refractivity contribution in [1.29, 1.82) is 0 Å². The molecule has 0 bridgehead atoms. The van der Waals surface area contributed by atoms with E-state index in [1.807, 2.05) is 47.0 Å². The number of carbonyl (C=O) groups is 2. The summed E-state index contributed by atoms with van der Waals surface area (Å²) >= 11 is 0. The molecule has 3 heterocycles. The summed E-state index contributed by atoms with van der Waals surface area (Å²) in [5, 5.41) is 3.74. The molecule has 1 aliphatic rings. The molecule has 26 heavy (non-hydrogen) atoms. The minimum atomic E-state index is -0.915. The zero-order valence-electron chi connectivity index (χ0n) is 13.8. The first-order chi connectivity index (χ1) is 12.7. The van der Waals surface area contributed by atoms with E-state index in [1.54, 1.807) is 12.3 Å². The van der Waals surface area contributed by atoms with E-state index in [0.29, 0.717) is 30.1 Å². The van der Waals surface area contributed by atoms with Gasteiger partial charge in [-0.25, -0.2) is 4.98 Å². The van der Waals surface area contributed by atoms with E-state index in [2.05, 4.69) is 10.3 Å². The van der Waals surface area contributed by atoms with Crippen LogP contribution in [0.2, 0.25) is 0 Å². The van der Waals surface area contributed by atoms with Gasteiger partial charge in [-0.3, -0.25) is 9.59 Å². The second kappa shape index (κ2) is 5.56. The number of hydrogen-bond donors (Lipinski definition) is 1. The van der Waals surface area contributed by atoms with Crippen LogP contribution in [0.1, 0.15) is 18.2 Å². The van der Waals surface area contributed by atoms with Crippen LogP contribution in [0.25, 0.3) is 22.0 Å². The van der Waals surface area contributed by atoms with Gasteiger partial charge in [0.05, 0.1) is 23.0 Å². The number of benzene rings is 2. The van der Waals surface area contributed by atoms with Crippen LogP contribution in [0.4, 0.5) is 5.69 Å². The molecule has 128 valence electrons. The Morgan fingerprint density at radius 3 is 2.96 bits per heavy atom. The number of carbonyl (C=O) groups excluding carboxylic acids is 2. The van der Waals surface area contributed by atoms with Crippen molar-refractivity contribution in [3.05, 3.63) is 60.6 Å². The smallest absolute Gasteiger partial charge is 0.242 e. The number of aryl methyl sites for hydroxylation is 1. The SMILES string of the molecule is O=C1CCn2c(nc3ccccc32)C1C(=O)Nc1cccc2ccoc12. The van der Waals surface area contributed by atoms with Crippen molar-refractivity contribution in [2.45, 2.75) is 18.9 Å². The molecule has 1 amide bonds. The normalized spacial score (nSPS) is 16.8. The van der Waals surface area contributed by atoms with Crippen molar-refractivity contribution in [3.63, 3.8) is 0 Å². The number of rotatable bonds is 2. The van der Waals surface area contributed by atoms with Gasteiger partial charge in [-0.05, 0) is 24.3 Å². The first-order valence-corrected chi connectivity index (χ1v) is 8.47. The van der Waals surface area contributed by atoms with Crippen LogP contribution in [0.5, 0.6) is 0 Å². The molecule has 0 saturated heterocycles. The van der Waals surface area contributed by atoms with E-state index in [4.69, 9.17) is 4.42 Å². The van der Waals surface area contributed by atoms with Crippen LogP contribution in [0.15, 0.2) is 59.2 Å². The molecule has 4 aromatic rings. The van der Waals surface area contributed by atoms with E-state index < -0.39 is 5.92 Å². The van der Waals surface area contributed by atoms with Gasteiger partial charge in [0.15, 0.2) is 17.3 Å². The van der Waals surface area contributed by atoms with Crippen LogP contribution in [-0.4, -0.2) is 21.2 Å². The van der Waals surface area contributed by atoms with Gasteiger partial charge in [-0.1, -0.05) is 24.3 Å². The third kappa shape index (κ3) is 2.15. The summed E-state index contributed by atoms with van der Waals surface area (Å²) in [6.07, 6.45) is 1.89. The number of aromatic nitrogens is 2. The molecule has 0 aliphatic carbocycles. The maximum Gasteiger partial charge on any atom is 0.242 e.